The second kappa shape index (κ2) is 4.04. The summed E-state index contributed by atoms with van der Waals surface area (Å²) in [5.41, 5.74) is 0. The van der Waals surface area contributed by atoms with Crippen molar-refractivity contribution in [2.24, 2.45) is 0 Å². The molecule has 0 bridgehead atoms. The highest BCUT2D eigenvalue weighted by Gasteiger charge is 2.31. The minimum atomic E-state index is -0.431. The van der Waals surface area contributed by atoms with E-state index in [-0.39, 0.29) is 12.2 Å². The number of hydrogen-bond acceptors (Lipinski definition) is 3. The quantitative estimate of drug-likeness (QED) is 0.626. The van der Waals surface area contributed by atoms with Crippen LogP contribution in [0.3, 0.4) is 0 Å². The van der Waals surface area contributed by atoms with Gasteiger partial charge in [0.05, 0.1) is 12.2 Å². The van der Waals surface area contributed by atoms with Crippen molar-refractivity contribution in [1.29, 1.82) is 0 Å². The van der Waals surface area contributed by atoms with Crippen molar-refractivity contribution in [2.75, 3.05) is 6.61 Å². The SMILES string of the molecule is CCOC1O[C@@H](C)[C@H](CC)O1. The lowest BCUT2D eigenvalue weighted by Gasteiger charge is -2.08. The normalized spacial score (nSPS) is 37.9. The van der Waals surface area contributed by atoms with Crippen LogP contribution in [0.25, 0.3) is 0 Å². The van der Waals surface area contributed by atoms with E-state index in [1.807, 2.05) is 13.8 Å². The maximum Gasteiger partial charge on any atom is 0.272 e. The smallest absolute Gasteiger partial charge is 0.272 e. The molecule has 66 valence electrons. The van der Waals surface area contributed by atoms with Gasteiger partial charge < -0.3 is 14.2 Å². The Bertz CT molecular complexity index is 116. The van der Waals surface area contributed by atoms with Gasteiger partial charge in [-0.2, -0.15) is 0 Å². The third-order valence-electron chi connectivity index (χ3n) is 1.84. The minimum absolute atomic E-state index is 0.163. The highest BCUT2D eigenvalue weighted by molar-refractivity contribution is 4.68. The third kappa shape index (κ3) is 2.15. The van der Waals surface area contributed by atoms with Crippen molar-refractivity contribution in [3.63, 3.8) is 0 Å². The molecular weight excluding hydrogens is 144 g/mol. The zero-order chi connectivity index (χ0) is 8.27. The summed E-state index contributed by atoms with van der Waals surface area (Å²) in [4.78, 5) is 0. The second-order valence-corrected chi connectivity index (χ2v) is 2.67. The first-order valence-corrected chi connectivity index (χ1v) is 4.20. The molecule has 0 spiro atoms. The molecule has 0 radical (unpaired) electrons. The van der Waals surface area contributed by atoms with Gasteiger partial charge in [-0.3, -0.25) is 0 Å². The maximum atomic E-state index is 5.42. The largest absolute Gasteiger partial charge is 0.330 e. The van der Waals surface area contributed by atoms with E-state index in [9.17, 15) is 0 Å². The molecule has 1 fully saturated rings. The molecule has 0 aromatic rings. The molecule has 0 aliphatic carbocycles. The van der Waals surface area contributed by atoms with Crippen LogP contribution in [-0.4, -0.2) is 25.3 Å². The van der Waals surface area contributed by atoms with Crippen LogP contribution >= 0.6 is 0 Å². The fourth-order valence-corrected chi connectivity index (χ4v) is 1.19. The van der Waals surface area contributed by atoms with Gasteiger partial charge in [-0.1, -0.05) is 6.92 Å². The van der Waals surface area contributed by atoms with E-state index < -0.39 is 6.48 Å². The molecule has 0 aromatic carbocycles. The molecule has 3 atom stereocenters. The van der Waals surface area contributed by atoms with Gasteiger partial charge in [0.2, 0.25) is 0 Å². The molecule has 0 N–H and O–H groups in total. The van der Waals surface area contributed by atoms with Gasteiger partial charge in [-0.05, 0) is 20.3 Å². The van der Waals surface area contributed by atoms with Crippen molar-refractivity contribution in [2.45, 2.75) is 45.9 Å². The zero-order valence-corrected chi connectivity index (χ0v) is 7.37. The van der Waals surface area contributed by atoms with Gasteiger partial charge in [0.25, 0.3) is 6.48 Å². The Morgan fingerprint density at radius 3 is 2.45 bits per heavy atom. The van der Waals surface area contributed by atoms with Gasteiger partial charge in [0.15, 0.2) is 0 Å². The van der Waals surface area contributed by atoms with Gasteiger partial charge in [-0.15, -0.1) is 0 Å². The second-order valence-electron chi connectivity index (χ2n) is 2.67. The molecule has 1 rings (SSSR count). The highest BCUT2D eigenvalue weighted by Crippen LogP contribution is 2.21. The predicted octanol–water partition coefficient (Wildman–Crippen LogP) is 1.52. The van der Waals surface area contributed by atoms with Crippen LogP contribution in [0, 0.1) is 0 Å². The lowest BCUT2D eigenvalue weighted by molar-refractivity contribution is -0.239. The van der Waals surface area contributed by atoms with Crippen LogP contribution in [0.15, 0.2) is 0 Å². The topological polar surface area (TPSA) is 27.7 Å². The molecule has 1 heterocycles. The van der Waals surface area contributed by atoms with E-state index in [1.54, 1.807) is 0 Å². The van der Waals surface area contributed by atoms with Crippen molar-refractivity contribution in [1.82, 2.24) is 0 Å². The molecule has 1 saturated heterocycles. The van der Waals surface area contributed by atoms with Crippen molar-refractivity contribution >= 4 is 0 Å². The first-order valence-electron chi connectivity index (χ1n) is 4.20. The maximum absolute atomic E-state index is 5.42. The Morgan fingerprint density at radius 1 is 1.27 bits per heavy atom. The number of hydrogen-bond donors (Lipinski definition) is 0. The first kappa shape index (κ1) is 8.97. The van der Waals surface area contributed by atoms with E-state index in [2.05, 4.69) is 6.92 Å². The molecular formula is C8H16O3. The Kier molecular flexibility index (Phi) is 3.30. The molecule has 1 unspecified atom stereocenters. The number of ether oxygens (including phenoxy) is 3. The molecule has 0 amide bonds. The Hall–Kier alpha value is -0.120. The first-order chi connectivity index (χ1) is 5.27. The van der Waals surface area contributed by atoms with Gasteiger partial charge in [0.1, 0.15) is 0 Å². The Labute approximate surface area is 67.6 Å². The summed E-state index contributed by atoms with van der Waals surface area (Å²) in [6.07, 6.45) is 1.34. The fraction of sp³-hybridized carbons (Fsp3) is 1.00. The van der Waals surface area contributed by atoms with Crippen molar-refractivity contribution in [3.05, 3.63) is 0 Å². The third-order valence-corrected chi connectivity index (χ3v) is 1.84. The van der Waals surface area contributed by atoms with Crippen LogP contribution in [0.4, 0.5) is 0 Å². The summed E-state index contributed by atoms with van der Waals surface area (Å²) < 4.78 is 15.9. The van der Waals surface area contributed by atoms with Gasteiger partial charge in [0, 0.05) is 6.61 Å². The monoisotopic (exact) mass is 160 g/mol. The van der Waals surface area contributed by atoms with E-state index in [0.29, 0.717) is 6.61 Å². The fourth-order valence-electron chi connectivity index (χ4n) is 1.19. The van der Waals surface area contributed by atoms with Crippen molar-refractivity contribution < 1.29 is 14.2 Å². The lowest BCUT2D eigenvalue weighted by atomic mass is 10.2. The van der Waals surface area contributed by atoms with Gasteiger partial charge >= 0.3 is 0 Å². The van der Waals surface area contributed by atoms with Crippen LogP contribution in [-0.2, 0) is 14.2 Å². The minimum Gasteiger partial charge on any atom is -0.330 e. The summed E-state index contributed by atoms with van der Waals surface area (Å²) in [5, 5.41) is 0. The van der Waals surface area contributed by atoms with Crippen LogP contribution in [0.2, 0.25) is 0 Å². The summed E-state index contributed by atoms with van der Waals surface area (Å²) in [6.45, 7) is 6.22. The molecule has 0 saturated carbocycles. The van der Waals surface area contributed by atoms with E-state index in [4.69, 9.17) is 14.2 Å². The van der Waals surface area contributed by atoms with Crippen LogP contribution < -0.4 is 0 Å². The molecule has 0 aromatic heterocycles. The summed E-state index contributed by atoms with van der Waals surface area (Å²) in [7, 11) is 0. The predicted molar refractivity (Wildman–Crippen MR) is 41.1 cm³/mol. The molecule has 3 nitrogen and oxygen atoms in total. The average Bonchev–Trinajstić information content (AvgIpc) is 2.32. The Balaban J connectivity index is 2.30. The van der Waals surface area contributed by atoms with Crippen molar-refractivity contribution in [3.8, 4) is 0 Å². The molecule has 11 heavy (non-hydrogen) atoms. The lowest BCUT2D eigenvalue weighted by Crippen LogP contribution is -2.17. The molecule has 3 heteroatoms. The molecule has 1 aliphatic heterocycles. The zero-order valence-electron chi connectivity index (χ0n) is 7.37. The summed E-state index contributed by atoms with van der Waals surface area (Å²) >= 11 is 0. The molecule has 1 aliphatic rings. The summed E-state index contributed by atoms with van der Waals surface area (Å²) in [5.74, 6) is 0. The highest BCUT2D eigenvalue weighted by atomic mass is 16.9. The van der Waals surface area contributed by atoms with E-state index in [0.717, 1.165) is 6.42 Å². The van der Waals surface area contributed by atoms with E-state index >= 15 is 0 Å². The van der Waals surface area contributed by atoms with Crippen LogP contribution in [0.1, 0.15) is 27.2 Å². The Morgan fingerprint density at radius 2 is 2.00 bits per heavy atom. The summed E-state index contributed by atoms with van der Waals surface area (Å²) in [6, 6.07) is 0. The standard InChI is InChI=1S/C8H16O3/c1-4-7-6(3)10-8(11-7)9-5-2/h6-8H,4-5H2,1-3H3/t6-,7-,8?/m0/s1. The van der Waals surface area contributed by atoms with Crippen LogP contribution in [0.5, 0.6) is 0 Å². The average molecular weight is 160 g/mol. The van der Waals surface area contributed by atoms with E-state index in [1.165, 1.54) is 0 Å². The van der Waals surface area contributed by atoms with Gasteiger partial charge in [-0.25, -0.2) is 0 Å². The number of rotatable bonds is 3.